The molecule has 1 aromatic rings. The Morgan fingerprint density at radius 3 is 2.60 bits per heavy atom. The average molecular weight is 291 g/mol. The predicted molar refractivity (Wildman–Crippen MR) is 80.0 cm³/mol. The molecular weight excluding hydrogens is 274 g/mol. The predicted octanol–water partition coefficient (Wildman–Crippen LogP) is 0.558. The number of imide groups is 1. The number of piperazine rings is 1. The first-order valence-electron chi connectivity index (χ1n) is 6.47. The summed E-state index contributed by atoms with van der Waals surface area (Å²) in [5.74, 6) is -0.469. The van der Waals surface area contributed by atoms with Gasteiger partial charge in [-0.2, -0.15) is 0 Å². The van der Waals surface area contributed by atoms with Gasteiger partial charge in [0.2, 0.25) is 11.8 Å². The van der Waals surface area contributed by atoms with E-state index in [-0.39, 0.29) is 24.4 Å². The van der Waals surface area contributed by atoms with Gasteiger partial charge in [-0.25, -0.2) is 0 Å². The van der Waals surface area contributed by atoms with Crippen LogP contribution in [0.4, 0.5) is 0 Å². The van der Waals surface area contributed by atoms with Gasteiger partial charge in [0.05, 0.1) is 12.6 Å². The van der Waals surface area contributed by atoms with Crippen LogP contribution in [0.15, 0.2) is 24.3 Å². The molecule has 1 atom stereocenters. The zero-order valence-corrected chi connectivity index (χ0v) is 12.1. The fourth-order valence-corrected chi connectivity index (χ4v) is 2.48. The second-order valence-electron chi connectivity index (χ2n) is 4.80. The van der Waals surface area contributed by atoms with Gasteiger partial charge in [-0.05, 0) is 12.0 Å². The van der Waals surface area contributed by atoms with Crippen LogP contribution in [-0.4, -0.2) is 34.3 Å². The molecule has 0 spiro atoms. The molecule has 1 heterocycles. The number of benzene rings is 1. The average Bonchev–Trinajstić information content (AvgIpc) is 2.39. The van der Waals surface area contributed by atoms with Crippen molar-refractivity contribution in [2.45, 2.75) is 25.9 Å². The molecule has 0 bridgehead atoms. The minimum atomic E-state index is -0.261. The van der Waals surface area contributed by atoms with Gasteiger partial charge in [0.25, 0.3) is 0 Å². The van der Waals surface area contributed by atoms with E-state index in [0.29, 0.717) is 18.0 Å². The lowest BCUT2D eigenvalue weighted by Gasteiger charge is -2.33. The van der Waals surface area contributed by atoms with Gasteiger partial charge in [-0.1, -0.05) is 43.4 Å². The Morgan fingerprint density at radius 1 is 1.40 bits per heavy atom. The van der Waals surface area contributed by atoms with Crippen molar-refractivity contribution in [3.8, 4) is 0 Å². The molecule has 1 fully saturated rings. The number of carbonyl (C=O) groups is 2. The first-order valence-corrected chi connectivity index (χ1v) is 6.88. The van der Waals surface area contributed by atoms with E-state index >= 15 is 0 Å². The number of thiocarbonyl (C=S) groups is 1. The largest absolute Gasteiger partial charge is 0.389 e. The molecular formula is C14H17N3O2S. The van der Waals surface area contributed by atoms with Gasteiger partial charge in [-0.15, -0.1) is 0 Å². The maximum absolute atomic E-state index is 11.8. The monoisotopic (exact) mass is 291 g/mol. The topological polar surface area (TPSA) is 75.4 Å². The summed E-state index contributed by atoms with van der Waals surface area (Å²) in [4.78, 5) is 25.5. The molecule has 106 valence electrons. The molecule has 1 unspecified atom stereocenters. The normalized spacial score (nSPS) is 19.8. The molecule has 1 aliphatic rings. The smallest absolute Gasteiger partial charge is 0.243 e. The third-order valence-corrected chi connectivity index (χ3v) is 3.60. The van der Waals surface area contributed by atoms with Crippen LogP contribution in [0.1, 0.15) is 24.5 Å². The molecule has 5 nitrogen and oxygen atoms in total. The van der Waals surface area contributed by atoms with Gasteiger partial charge in [0.1, 0.15) is 4.99 Å². The number of amides is 2. The van der Waals surface area contributed by atoms with Crippen molar-refractivity contribution in [3.05, 3.63) is 35.4 Å². The van der Waals surface area contributed by atoms with E-state index < -0.39 is 0 Å². The van der Waals surface area contributed by atoms with Crippen molar-refractivity contribution in [1.82, 2.24) is 10.2 Å². The number of nitrogens with two attached hydrogens (primary N) is 1. The highest BCUT2D eigenvalue weighted by Crippen LogP contribution is 2.14. The summed E-state index contributed by atoms with van der Waals surface area (Å²) in [7, 11) is 0. The summed E-state index contributed by atoms with van der Waals surface area (Å²) >= 11 is 4.90. The Bertz CT molecular complexity index is 542. The van der Waals surface area contributed by atoms with Gasteiger partial charge in [-0.3, -0.25) is 19.8 Å². The molecule has 0 aromatic heterocycles. The SMILES string of the molecule is CCC1C(=O)NC(=O)CN1Cc1ccc(C(N)=S)cc1. The van der Waals surface area contributed by atoms with E-state index in [9.17, 15) is 9.59 Å². The van der Waals surface area contributed by atoms with E-state index in [1.54, 1.807) is 0 Å². The number of hydrogen-bond donors (Lipinski definition) is 2. The minimum Gasteiger partial charge on any atom is -0.389 e. The Morgan fingerprint density at radius 2 is 2.05 bits per heavy atom. The van der Waals surface area contributed by atoms with Crippen molar-refractivity contribution in [1.29, 1.82) is 0 Å². The number of carbonyl (C=O) groups excluding carboxylic acids is 2. The van der Waals surface area contributed by atoms with Crippen molar-refractivity contribution in [2.75, 3.05) is 6.54 Å². The molecule has 6 heteroatoms. The van der Waals surface area contributed by atoms with Crippen LogP contribution in [0.5, 0.6) is 0 Å². The zero-order chi connectivity index (χ0) is 14.7. The lowest BCUT2D eigenvalue weighted by molar-refractivity contribution is -0.140. The molecule has 2 rings (SSSR count). The lowest BCUT2D eigenvalue weighted by atomic mass is 10.1. The van der Waals surface area contributed by atoms with Crippen LogP contribution < -0.4 is 11.1 Å². The molecule has 3 N–H and O–H groups in total. The van der Waals surface area contributed by atoms with E-state index in [1.807, 2.05) is 36.1 Å². The van der Waals surface area contributed by atoms with Crippen LogP contribution in [0.2, 0.25) is 0 Å². The first-order chi connectivity index (χ1) is 9.51. The number of nitrogens with one attached hydrogen (secondary N) is 1. The van der Waals surface area contributed by atoms with Crippen LogP contribution in [-0.2, 0) is 16.1 Å². The van der Waals surface area contributed by atoms with Gasteiger partial charge in [0.15, 0.2) is 0 Å². The molecule has 1 saturated heterocycles. The summed E-state index contributed by atoms with van der Waals surface area (Å²) in [6.45, 7) is 2.72. The number of nitrogens with zero attached hydrogens (tertiary/aromatic N) is 1. The van der Waals surface area contributed by atoms with Gasteiger partial charge >= 0.3 is 0 Å². The molecule has 2 amide bonds. The quantitative estimate of drug-likeness (QED) is 0.626. The van der Waals surface area contributed by atoms with E-state index in [2.05, 4.69) is 5.32 Å². The summed E-state index contributed by atoms with van der Waals surface area (Å²) in [6.07, 6.45) is 0.671. The molecule has 1 aromatic carbocycles. The molecule has 20 heavy (non-hydrogen) atoms. The highest BCUT2D eigenvalue weighted by molar-refractivity contribution is 7.80. The van der Waals surface area contributed by atoms with Crippen LogP contribution in [0, 0.1) is 0 Å². The Labute approximate surface area is 123 Å². The summed E-state index contributed by atoms with van der Waals surface area (Å²) in [6, 6.07) is 7.27. The first kappa shape index (κ1) is 14.6. The molecule has 0 aliphatic carbocycles. The zero-order valence-electron chi connectivity index (χ0n) is 11.3. The second kappa shape index (κ2) is 6.11. The van der Waals surface area contributed by atoms with E-state index in [1.165, 1.54) is 0 Å². The van der Waals surface area contributed by atoms with Crippen LogP contribution >= 0.6 is 12.2 Å². The molecule has 0 radical (unpaired) electrons. The number of rotatable bonds is 4. The minimum absolute atomic E-state index is 0.219. The Hall–Kier alpha value is -1.79. The van der Waals surface area contributed by atoms with Gasteiger partial charge < -0.3 is 5.73 Å². The van der Waals surface area contributed by atoms with Crippen molar-refractivity contribution in [2.24, 2.45) is 5.73 Å². The summed E-state index contributed by atoms with van der Waals surface area (Å²) < 4.78 is 0. The fourth-order valence-electron chi connectivity index (χ4n) is 2.34. The standard InChI is InChI=1S/C14H17N3O2S/c1-2-11-14(19)16-12(18)8-17(11)7-9-3-5-10(6-4-9)13(15)20/h3-6,11H,2,7-8H2,1H3,(H2,15,20)(H,16,18,19). The second-order valence-corrected chi connectivity index (χ2v) is 5.24. The summed E-state index contributed by atoms with van der Waals surface area (Å²) in [5, 5.41) is 2.37. The van der Waals surface area contributed by atoms with E-state index in [4.69, 9.17) is 18.0 Å². The third kappa shape index (κ3) is 3.20. The lowest BCUT2D eigenvalue weighted by Crippen LogP contribution is -2.57. The van der Waals surface area contributed by atoms with Crippen molar-refractivity contribution < 1.29 is 9.59 Å². The fraction of sp³-hybridized carbons (Fsp3) is 0.357. The van der Waals surface area contributed by atoms with Crippen LogP contribution in [0.25, 0.3) is 0 Å². The molecule has 1 aliphatic heterocycles. The van der Waals surface area contributed by atoms with E-state index in [0.717, 1.165) is 11.1 Å². The van der Waals surface area contributed by atoms with Crippen molar-refractivity contribution >= 4 is 29.0 Å². The van der Waals surface area contributed by atoms with Crippen molar-refractivity contribution in [3.63, 3.8) is 0 Å². The van der Waals surface area contributed by atoms with Crippen LogP contribution in [0.3, 0.4) is 0 Å². The summed E-state index contributed by atoms with van der Waals surface area (Å²) in [5.41, 5.74) is 7.38. The maximum atomic E-state index is 11.8. The number of hydrogen-bond acceptors (Lipinski definition) is 4. The molecule has 0 saturated carbocycles. The maximum Gasteiger partial charge on any atom is 0.243 e. The van der Waals surface area contributed by atoms with Gasteiger partial charge in [0, 0.05) is 12.1 Å². The Kier molecular flexibility index (Phi) is 4.46. The highest BCUT2D eigenvalue weighted by atomic mass is 32.1. The Balaban J connectivity index is 2.12. The third-order valence-electron chi connectivity index (χ3n) is 3.36. The highest BCUT2D eigenvalue weighted by Gasteiger charge is 2.32.